The van der Waals surface area contributed by atoms with Gasteiger partial charge in [-0.15, -0.1) is 11.3 Å². The summed E-state index contributed by atoms with van der Waals surface area (Å²) in [4.78, 5) is 2.44. The fourth-order valence-electron chi connectivity index (χ4n) is 10.5. The van der Waals surface area contributed by atoms with Crippen molar-refractivity contribution in [2.24, 2.45) is 0 Å². The van der Waals surface area contributed by atoms with Crippen molar-refractivity contribution in [2.75, 3.05) is 4.90 Å². The third-order valence-electron chi connectivity index (χ3n) is 13.7. The molecule has 13 aromatic rings. The first-order valence-electron chi connectivity index (χ1n) is 23.3. The third kappa shape index (κ3) is 6.85. The highest BCUT2D eigenvalue weighted by molar-refractivity contribution is 7.26. The molecule has 0 bridgehead atoms. The van der Waals surface area contributed by atoms with Crippen molar-refractivity contribution in [1.29, 1.82) is 0 Å². The molecule has 12 aromatic carbocycles. The van der Waals surface area contributed by atoms with Crippen LogP contribution in [0.4, 0.5) is 17.1 Å². The molecule has 1 aromatic heterocycles. The second-order valence-electron chi connectivity index (χ2n) is 17.6. The van der Waals surface area contributed by atoms with E-state index < -0.39 is 0 Å². The normalized spacial score (nSPS) is 11.5. The van der Waals surface area contributed by atoms with Crippen molar-refractivity contribution >= 4 is 80.9 Å². The number of hydrogen-bond acceptors (Lipinski definition) is 2. The lowest BCUT2D eigenvalue weighted by Gasteiger charge is -2.27. The smallest absolute Gasteiger partial charge is 0.0468 e. The monoisotopic (exact) mass is 881 g/mol. The molecule has 0 saturated carbocycles. The zero-order valence-electron chi connectivity index (χ0n) is 37.2. The Balaban J connectivity index is 0.990. The van der Waals surface area contributed by atoms with Crippen molar-refractivity contribution in [1.82, 2.24) is 0 Å². The molecular formula is C66H43NS. The molecular weight excluding hydrogens is 839 g/mol. The molecule has 0 radical (unpaired) electrons. The zero-order valence-corrected chi connectivity index (χ0v) is 38.0. The Morgan fingerprint density at radius 3 is 1.51 bits per heavy atom. The van der Waals surface area contributed by atoms with E-state index in [0.717, 1.165) is 17.1 Å². The summed E-state index contributed by atoms with van der Waals surface area (Å²) >= 11 is 1.88. The third-order valence-corrected chi connectivity index (χ3v) is 14.9. The molecule has 1 heterocycles. The van der Waals surface area contributed by atoms with Gasteiger partial charge in [0.05, 0.1) is 0 Å². The van der Waals surface area contributed by atoms with Crippen LogP contribution < -0.4 is 4.90 Å². The van der Waals surface area contributed by atoms with Crippen LogP contribution in [-0.2, 0) is 0 Å². The predicted molar refractivity (Wildman–Crippen MR) is 294 cm³/mol. The summed E-state index contributed by atoms with van der Waals surface area (Å²) in [5, 5.41) is 10.1. The highest BCUT2D eigenvalue weighted by Gasteiger charge is 2.21. The van der Waals surface area contributed by atoms with E-state index >= 15 is 0 Å². The predicted octanol–water partition coefficient (Wildman–Crippen LogP) is 19.3. The summed E-state index contributed by atoms with van der Waals surface area (Å²) < 4.78 is 2.62. The first-order chi connectivity index (χ1) is 33.7. The van der Waals surface area contributed by atoms with Gasteiger partial charge in [0, 0.05) is 37.2 Å². The maximum atomic E-state index is 2.44. The molecule has 0 N–H and O–H groups in total. The Labute approximate surface area is 400 Å². The van der Waals surface area contributed by atoms with E-state index in [1.54, 1.807) is 0 Å². The number of hydrogen-bond donors (Lipinski definition) is 0. The minimum Gasteiger partial charge on any atom is -0.310 e. The molecule has 0 fully saturated rings. The van der Waals surface area contributed by atoms with E-state index in [2.05, 4.69) is 266 Å². The summed E-state index contributed by atoms with van der Waals surface area (Å²) in [6.07, 6.45) is 0. The molecule has 0 aliphatic heterocycles. The minimum atomic E-state index is 1.09. The van der Waals surface area contributed by atoms with Crippen LogP contribution in [0.1, 0.15) is 0 Å². The van der Waals surface area contributed by atoms with Gasteiger partial charge in [-0.25, -0.2) is 0 Å². The lowest BCUT2D eigenvalue weighted by molar-refractivity contribution is 1.29. The second-order valence-corrected chi connectivity index (χ2v) is 18.6. The molecule has 0 unspecified atom stereocenters. The van der Waals surface area contributed by atoms with Gasteiger partial charge in [-0.1, -0.05) is 218 Å². The van der Waals surface area contributed by atoms with Crippen LogP contribution in [0.15, 0.2) is 261 Å². The molecule has 0 amide bonds. The van der Waals surface area contributed by atoms with Gasteiger partial charge in [-0.3, -0.25) is 0 Å². The maximum Gasteiger partial charge on any atom is 0.0468 e. The average Bonchev–Trinajstić information content (AvgIpc) is 3.80. The maximum absolute atomic E-state index is 2.44. The van der Waals surface area contributed by atoms with Gasteiger partial charge in [0.15, 0.2) is 0 Å². The lowest BCUT2D eigenvalue weighted by atomic mass is 9.85. The van der Waals surface area contributed by atoms with Crippen LogP contribution in [0.25, 0.3) is 108 Å². The summed E-state index contributed by atoms with van der Waals surface area (Å²) in [5.41, 5.74) is 15.4. The Bertz CT molecular complexity index is 3990. The van der Waals surface area contributed by atoms with Crippen LogP contribution in [-0.4, -0.2) is 0 Å². The van der Waals surface area contributed by atoms with Crippen molar-refractivity contribution in [3.05, 3.63) is 261 Å². The Hall–Kier alpha value is -8.56. The summed E-state index contributed by atoms with van der Waals surface area (Å²) in [6, 6.07) is 95.7. The molecule has 0 spiro atoms. The van der Waals surface area contributed by atoms with E-state index in [4.69, 9.17) is 0 Å². The van der Waals surface area contributed by atoms with Gasteiger partial charge < -0.3 is 4.90 Å². The van der Waals surface area contributed by atoms with Crippen LogP contribution in [0, 0.1) is 0 Å². The summed E-state index contributed by atoms with van der Waals surface area (Å²) in [5.74, 6) is 0. The standard InChI is InChI=1S/C66H43NS/c1-3-17-48(18-4-1)64-60-27-10-9-25-57(60)58-41-40-53(43-62(58)65(64)49-19-5-2-6-20-49)67(52-23-13-22-50(42-52)56-29-15-30-61-59-26-11-12-31-63(59)68-66(56)61)51-38-36-45(37-39-51)44-32-34-47(35-33-44)55-28-14-21-46-16-7-8-24-54(46)55/h1-43H. The van der Waals surface area contributed by atoms with Crippen LogP contribution in [0.2, 0.25) is 0 Å². The number of anilines is 3. The second kappa shape index (κ2) is 16.7. The number of fused-ring (bicyclic) bond motifs is 7. The van der Waals surface area contributed by atoms with Crippen LogP contribution in [0.5, 0.6) is 0 Å². The highest BCUT2D eigenvalue weighted by atomic mass is 32.1. The molecule has 0 aliphatic carbocycles. The van der Waals surface area contributed by atoms with Gasteiger partial charge in [0.2, 0.25) is 0 Å². The van der Waals surface area contributed by atoms with E-state index in [9.17, 15) is 0 Å². The van der Waals surface area contributed by atoms with Gasteiger partial charge in [-0.05, 0) is 130 Å². The molecule has 13 rings (SSSR count). The van der Waals surface area contributed by atoms with Gasteiger partial charge in [0.25, 0.3) is 0 Å². The van der Waals surface area contributed by atoms with Crippen LogP contribution in [0.3, 0.4) is 0 Å². The Morgan fingerprint density at radius 2 is 0.750 bits per heavy atom. The molecule has 0 atom stereocenters. The van der Waals surface area contributed by atoms with E-state index in [-0.39, 0.29) is 0 Å². The molecule has 0 saturated heterocycles. The number of thiophene rings is 1. The van der Waals surface area contributed by atoms with E-state index in [1.165, 1.54) is 108 Å². The highest BCUT2D eigenvalue weighted by Crippen LogP contribution is 2.48. The summed E-state index contributed by atoms with van der Waals surface area (Å²) in [7, 11) is 0. The topological polar surface area (TPSA) is 3.24 Å². The zero-order chi connectivity index (χ0) is 45.0. The Kier molecular flexibility index (Phi) is 9.77. The fraction of sp³-hybridized carbons (Fsp3) is 0. The van der Waals surface area contributed by atoms with Gasteiger partial charge in [0.1, 0.15) is 0 Å². The quantitative estimate of drug-likeness (QED) is 0.137. The molecule has 2 heteroatoms. The SMILES string of the molecule is c1ccc(-c2c(-c3ccccc3)c3cc(N(c4ccc(-c5ccc(-c6cccc7ccccc67)cc5)cc4)c4cccc(-c5cccc6c5sc5ccccc56)c4)ccc3c3ccccc23)cc1. The van der Waals surface area contributed by atoms with E-state index in [1.807, 2.05) is 11.3 Å². The van der Waals surface area contributed by atoms with Crippen molar-refractivity contribution < 1.29 is 0 Å². The molecule has 318 valence electrons. The number of rotatable bonds is 8. The van der Waals surface area contributed by atoms with Crippen molar-refractivity contribution in [2.45, 2.75) is 0 Å². The van der Waals surface area contributed by atoms with Gasteiger partial charge >= 0.3 is 0 Å². The number of benzene rings is 12. The fourth-order valence-corrected chi connectivity index (χ4v) is 11.7. The first kappa shape index (κ1) is 39.8. The van der Waals surface area contributed by atoms with Gasteiger partial charge in [-0.2, -0.15) is 0 Å². The molecule has 1 nitrogen and oxygen atoms in total. The number of nitrogens with zero attached hydrogens (tertiary/aromatic N) is 1. The average molecular weight is 882 g/mol. The Morgan fingerprint density at radius 1 is 0.250 bits per heavy atom. The van der Waals surface area contributed by atoms with E-state index in [0.29, 0.717) is 0 Å². The summed E-state index contributed by atoms with van der Waals surface area (Å²) in [6.45, 7) is 0. The van der Waals surface area contributed by atoms with Crippen molar-refractivity contribution in [3.63, 3.8) is 0 Å². The molecule has 68 heavy (non-hydrogen) atoms. The minimum absolute atomic E-state index is 1.09. The lowest BCUT2D eigenvalue weighted by Crippen LogP contribution is -2.10. The van der Waals surface area contributed by atoms with Crippen molar-refractivity contribution in [3.8, 4) is 55.6 Å². The largest absolute Gasteiger partial charge is 0.310 e. The molecule has 0 aliphatic rings. The van der Waals surface area contributed by atoms with Crippen LogP contribution >= 0.6 is 11.3 Å². The first-order valence-corrected chi connectivity index (χ1v) is 24.1.